The topological polar surface area (TPSA) is 69.3 Å². The van der Waals surface area contributed by atoms with Crippen LogP contribution < -0.4 is 5.56 Å². The van der Waals surface area contributed by atoms with Crippen molar-refractivity contribution in [1.82, 2.24) is 19.8 Å². The van der Waals surface area contributed by atoms with Crippen molar-refractivity contribution >= 4 is 5.91 Å². The number of amides is 1. The van der Waals surface area contributed by atoms with Crippen LogP contribution in [-0.4, -0.2) is 58.4 Å². The Labute approximate surface area is 169 Å². The fourth-order valence-electron chi connectivity index (χ4n) is 4.32. The van der Waals surface area contributed by atoms with E-state index in [-0.39, 0.29) is 23.2 Å². The second kappa shape index (κ2) is 8.45. The first kappa shape index (κ1) is 19.8. The number of carbonyl (C=O) groups excluding carboxylic acids is 1. The molecule has 1 unspecified atom stereocenters. The standard InChI is InChI=1S/C22H27FN4O2/c1-2-26-11-13-27(14-12-26)22(29)16-5-9-18-19(10-6-16)24-20(25-21(18)28)15-3-7-17(23)8-4-15/h3-4,7-8,16H,2,5-6,9-14H2,1H3,(H,24,25,28). The van der Waals surface area contributed by atoms with Gasteiger partial charge in [-0.05, 0) is 56.5 Å². The van der Waals surface area contributed by atoms with Crippen molar-refractivity contribution in [3.05, 3.63) is 51.7 Å². The van der Waals surface area contributed by atoms with Gasteiger partial charge < -0.3 is 14.8 Å². The predicted octanol–water partition coefficient (Wildman–Crippen LogP) is 2.24. The number of piperazine rings is 1. The molecule has 1 atom stereocenters. The van der Waals surface area contributed by atoms with Gasteiger partial charge >= 0.3 is 0 Å². The zero-order valence-electron chi connectivity index (χ0n) is 16.8. The molecule has 1 aromatic carbocycles. The van der Waals surface area contributed by atoms with E-state index < -0.39 is 0 Å². The number of halogens is 1. The smallest absolute Gasteiger partial charge is 0.254 e. The molecule has 0 saturated carbocycles. The van der Waals surface area contributed by atoms with Crippen LogP contribution in [0.15, 0.2) is 29.1 Å². The lowest BCUT2D eigenvalue weighted by Crippen LogP contribution is -2.50. The van der Waals surface area contributed by atoms with Crippen LogP contribution in [0, 0.1) is 11.7 Å². The largest absolute Gasteiger partial charge is 0.340 e. The minimum absolute atomic E-state index is 0.0638. The van der Waals surface area contributed by atoms with Crippen LogP contribution in [-0.2, 0) is 17.6 Å². The van der Waals surface area contributed by atoms with Crippen LogP contribution in [0.1, 0.15) is 31.0 Å². The Morgan fingerprint density at radius 2 is 1.83 bits per heavy atom. The summed E-state index contributed by atoms with van der Waals surface area (Å²) in [6.07, 6.45) is 2.56. The number of aryl methyl sites for hydroxylation is 1. The maximum atomic E-state index is 13.2. The molecule has 0 radical (unpaired) electrons. The number of aromatic nitrogens is 2. The Balaban J connectivity index is 1.49. The van der Waals surface area contributed by atoms with Gasteiger partial charge in [-0.15, -0.1) is 0 Å². The molecule has 1 fully saturated rings. The number of benzene rings is 1. The highest BCUT2D eigenvalue weighted by Gasteiger charge is 2.30. The molecule has 4 rings (SSSR count). The number of aromatic amines is 1. The van der Waals surface area contributed by atoms with E-state index >= 15 is 0 Å². The average molecular weight is 398 g/mol. The molecular formula is C22H27FN4O2. The normalized spacial score (nSPS) is 20.2. The first-order valence-corrected chi connectivity index (χ1v) is 10.4. The van der Waals surface area contributed by atoms with E-state index in [0.717, 1.165) is 38.4 Å². The second-order valence-corrected chi connectivity index (χ2v) is 7.88. The van der Waals surface area contributed by atoms with Crippen molar-refractivity contribution in [3.63, 3.8) is 0 Å². The third-order valence-corrected chi connectivity index (χ3v) is 6.17. The molecule has 154 valence electrons. The van der Waals surface area contributed by atoms with Crippen LogP contribution in [0.3, 0.4) is 0 Å². The summed E-state index contributed by atoms with van der Waals surface area (Å²) in [6, 6.07) is 5.93. The van der Waals surface area contributed by atoms with Crippen LogP contribution in [0.5, 0.6) is 0 Å². The Bertz CT molecular complexity index is 933. The van der Waals surface area contributed by atoms with Gasteiger partial charge in [0.05, 0.1) is 5.69 Å². The summed E-state index contributed by atoms with van der Waals surface area (Å²) in [5.74, 6) is 0.274. The van der Waals surface area contributed by atoms with E-state index in [4.69, 9.17) is 0 Å². The number of hydrogen-bond acceptors (Lipinski definition) is 4. The minimum Gasteiger partial charge on any atom is -0.340 e. The predicted molar refractivity (Wildman–Crippen MR) is 109 cm³/mol. The van der Waals surface area contributed by atoms with Gasteiger partial charge in [0, 0.05) is 43.2 Å². The fraction of sp³-hybridized carbons (Fsp3) is 0.500. The second-order valence-electron chi connectivity index (χ2n) is 7.88. The number of nitrogens with zero attached hydrogens (tertiary/aromatic N) is 3. The molecule has 7 heteroatoms. The van der Waals surface area contributed by atoms with Crippen LogP contribution >= 0.6 is 0 Å². The van der Waals surface area contributed by atoms with Crippen molar-refractivity contribution in [2.24, 2.45) is 5.92 Å². The Morgan fingerprint density at radius 3 is 2.52 bits per heavy atom. The first-order valence-electron chi connectivity index (χ1n) is 10.4. The maximum Gasteiger partial charge on any atom is 0.254 e. The number of H-pyrrole nitrogens is 1. The Hall–Kier alpha value is -2.54. The molecule has 1 amide bonds. The molecule has 1 aliphatic carbocycles. The molecule has 0 bridgehead atoms. The zero-order valence-corrected chi connectivity index (χ0v) is 16.8. The van der Waals surface area contributed by atoms with Gasteiger partial charge in [-0.1, -0.05) is 6.92 Å². The molecule has 6 nitrogen and oxygen atoms in total. The first-order chi connectivity index (χ1) is 14.0. The molecule has 2 heterocycles. The molecule has 1 aliphatic heterocycles. The Morgan fingerprint density at radius 1 is 1.14 bits per heavy atom. The molecule has 2 aliphatic rings. The fourth-order valence-corrected chi connectivity index (χ4v) is 4.32. The summed E-state index contributed by atoms with van der Waals surface area (Å²) < 4.78 is 13.2. The lowest BCUT2D eigenvalue weighted by molar-refractivity contribution is -0.137. The quantitative estimate of drug-likeness (QED) is 0.805. The molecule has 1 aromatic heterocycles. The number of rotatable bonds is 3. The number of likely N-dealkylation sites (N-methyl/N-ethyl adjacent to an activating group) is 1. The molecular weight excluding hydrogens is 371 g/mol. The monoisotopic (exact) mass is 398 g/mol. The zero-order chi connectivity index (χ0) is 20.4. The van der Waals surface area contributed by atoms with Crippen molar-refractivity contribution in [1.29, 1.82) is 0 Å². The van der Waals surface area contributed by atoms with Gasteiger partial charge in [-0.3, -0.25) is 9.59 Å². The van der Waals surface area contributed by atoms with E-state index in [2.05, 4.69) is 21.8 Å². The van der Waals surface area contributed by atoms with Crippen LogP contribution in [0.25, 0.3) is 11.4 Å². The van der Waals surface area contributed by atoms with Crippen molar-refractivity contribution in [2.45, 2.75) is 32.6 Å². The lowest BCUT2D eigenvalue weighted by Gasteiger charge is -2.35. The van der Waals surface area contributed by atoms with Crippen LogP contribution in [0.2, 0.25) is 0 Å². The summed E-state index contributed by atoms with van der Waals surface area (Å²) in [7, 11) is 0. The molecule has 2 aromatic rings. The molecule has 1 saturated heterocycles. The number of nitrogens with one attached hydrogen (secondary N) is 1. The van der Waals surface area contributed by atoms with E-state index in [0.29, 0.717) is 42.6 Å². The number of hydrogen-bond donors (Lipinski definition) is 1. The minimum atomic E-state index is -0.327. The third-order valence-electron chi connectivity index (χ3n) is 6.17. The number of carbonyl (C=O) groups is 1. The summed E-state index contributed by atoms with van der Waals surface area (Å²) in [6.45, 7) is 6.58. The van der Waals surface area contributed by atoms with E-state index in [1.165, 1.54) is 12.1 Å². The number of fused-ring (bicyclic) bond motifs is 1. The SMILES string of the molecule is CCN1CCN(C(=O)C2CCc3nc(-c4ccc(F)cc4)[nH]c(=O)c3CC2)CC1. The molecule has 29 heavy (non-hydrogen) atoms. The lowest BCUT2D eigenvalue weighted by atomic mass is 9.97. The maximum absolute atomic E-state index is 13.2. The van der Waals surface area contributed by atoms with Gasteiger partial charge in [-0.2, -0.15) is 0 Å². The summed E-state index contributed by atoms with van der Waals surface area (Å²) in [4.78, 5) is 37.5. The molecule has 0 spiro atoms. The van der Waals surface area contributed by atoms with Gasteiger partial charge in [-0.25, -0.2) is 9.37 Å². The average Bonchev–Trinajstić information content (AvgIpc) is 2.97. The summed E-state index contributed by atoms with van der Waals surface area (Å²) in [5, 5.41) is 0. The van der Waals surface area contributed by atoms with Crippen molar-refractivity contribution in [3.8, 4) is 11.4 Å². The van der Waals surface area contributed by atoms with Gasteiger partial charge in [0.25, 0.3) is 5.56 Å². The molecule has 1 N–H and O–H groups in total. The van der Waals surface area contributed by atoms with E-state index in [1.54, 1.807) is 12.1 Å². The highest BCUT2D eigenvalue weighted by molar-refractivity contribution is 5.79. The van der Waals surface area contributed by atoms with Crippen molar-refractivity contribution < 1.29 is 9.18 Å². The van der Waals surface area contributed by atoms with E-state index in [9.17, 15) is 14.0 Å². The Kier molecular flexibility index (Phi) is 5.76. The van der Waals surface area contributed by atoms with Crippen LogP contribution in [0.4, 0.5) is 4.39 Å². The van der Waals surface area contributed by atoms with Gasteiger partial charge in [0.2, 0.25) is 5.91 Å². The third kappa shape index (κ3) is 4.24. The van der Waals surface area contributed by atoms with Gasteiger partial charge in [0.15, 0.2) is 0 Å². The van der Waals surface area contributed by atoms with Gasteiger partial charge in [0.1, 0.15) is 11.6 Å². The highest BCUT2D eigenvalue weighted by atomic mass is 19.1. The summed E-state index contributed by atoms with van der Waals surface area (Å²) >= 11 is 0. The van der Waals surface area contributed by atoms with Crippen molar-refractivity contribution in [2.75, 3.05) is 32.7 Å². The van der Waals surface area contributed by atoms with E-state index in [1.807, 2.05) is 4.90 Å². The highest BCUT2D eigenvalue weighted by Crippen LogP contribution is 2.25. The summed E-state index contributed by atoms with van der Waals surface area (Å²) in [5.41, 5.74) is 1.97.